The molecule has 0 radical (unpaired) electrons. The number of carbonyl (C=O) groups excluding carboxylic acids is 1. The maximum absolute atomic E-state index is 12.7. The molecule has 0 aliphatic heterocycles. The number of furan rings is 1. The number of hydrogen-bond donors (Lipinski definition) is 1. The Morgan fingerprint density at radius 2 is 1.88 bits per heavy atom. The van der Waals surface area contributed by atoms with Gasteiger partial charge in [0, 0.05) is 31.6 Å². The van der Waals surface area contributed by atoms with E-state index in [4.69, 9.17) is 4.42 Å². The predicted octanol–water partition coefficient (Wildman–Crippen LogP) is 3.21. The number of hydrogen-bond acceptors (Lipinski definition) is 5. The fraction of sp³-hybridized carbons (Fsp3) is 0.263. The van der Waals surface area contributed by atoms with E-state index in [1.165, 1.54) is 0 Å². The summed E-state index contributed by atoms with van der Waals surface area (Å²) in [6.07, 6.45) is 1.64. The Bertz CT molecular complexity index is 882. The molecule has 130 valence electrons. The topological polar surface area (TPSA) is 61.6 Å². The molecule has 1 amide bonds. The molecule has 0 spiro atoms. The normalized spacial score (nSPS) is 11.1. The zero-order chi connectivity index (χ0) is 18.0. The van der Waals surface area contributed by atoms with E-state index in [9.17, 15) is 4.79 Å². The number of amides is 1. The van der Waals surface area contributed by atoms with Crippen molar-refractivity contribution in [3.05, 3.63) is 53.9 Å². The van der Waals surface area contributed by atoms with Gasteiger partial charge in [0.25, 0.3) is 5.91 Å². The van der Waals surface area contributed by atoms with Crippen LogP contribution in [0, 0.1) is 0 Å². The highest BCUT2D eigenvalue weighted by Gasteiger charge is 2.21. The van der Waals surface area contributed by atoms with Gasteiger partial charge in [-0.05, 0) is 32.3 Å². The Hall–Kier alpha value is -2.86. The molecule has 6 heteroatoms. The van der Waals surface area contributed by atoms with Gasteiger partial charge in [-0.25, -0.2) is 4.98 Å². The van der Waals surface area contributed by atoms with Crippen LogP contribution in [-0.2, 0) is 6.54 Å². The number of nitrogens with one attached hydrogen (secondary N) is 1. The molecule has 1 N–H and O–H groups in total. The van der Waals surface area contributed by atoms with E-state index in [1.54, 1.807) is 6.20 Å². The predicted molar refractivity (Wildman–Crippen MR) is 100 cm³/mol. The van der Waals surface area contributed by atoms with Crippen LogP contribution in [0.2, 0.25) is 0 Å². The molecule has 1 aromatic carbocycles. The largest absolute Gasteiger partial charge is 0.451 e. The van der Waals surface area contributed by atoms with Gasteiger partial charge in [-0.3, -0.25) is 4.79 Å². The molecule has 0 atom stereocenters. The van der Waals surface area contributed by atoms with Crippen LogP contribution in [0.4, 0.5) is 11.5 Å². The lowest BCUT2D eigenvalue weighted by atomic mass is 10.1. The van der Waals surface area contributed by atoms with E-state index in [2.05, 4.69) is 10.3 Å². The number of benzene rings is 1. The summed E-state index contributed by atoms with van der Waals surface area (Å²) in [5, 5.41) is 3.83. The number of aromatic nitrogens is 1. The first kappa shape index (κ1) is 17.0. The highest BCUT2D eigenvalue weighted by Crippen LogP contribution is 2.27. The summed E-state index contributed by atoms with van der Waals surface area (Å²) in [6.45, 7) is 0.623. The monoisotopic (exact) mass is 338 g/mol. The van der Waals surface area contributed by atoms with E-state index in [0.717, 1.165) is 16.8 Å². The molecule has 2 heterocycles. The Kier molecular flexibility index (Phi) is 4.72. The fourth-order valence-electron chi connectivity index (χ4n) is 2.67. The van der Waals surface area contributed by atoms with Gasteiger partial charge in [-0.2, -0.15) is 0 Å². The zero-order valence-corrected chi connectivity index (χ0v) is 14.9. The van der Waals surface area contributed by atoms with Crippen molar-refractivity contribution in [2.24, 2.45) is 0 Å². The Balaban J connectivity index is 1.91. The first-order chi connectivity index (χ1) is 12.0. The minimum Gasteiger partial charge on any atom is -0.451 e. The van der Waals surface area contributed by atoms with Crippen molar-refractivity contribution < 1.29 is 9.21 Å². The van der Waals surface area contributed by atoms with Crippen LogP contribution in [0.5, 0.6) is 0 Å². The van der Waals surface area contributed by atoms with Crippen molar-refractivity contribution in [3.8, 4) is 0 Å². The Labute approximate surface area is 147 Å². The number of anilines is 2. The van der Waals surface area contributed by atoms with Gasteiger partial charge >= 0.3 is 0 Å². The third kappa shape index (κ3) is 3.64. The number of pyridine rings is 1. The van der Waals surface area contributed by atoms with Gasteiger partial charge in [-0.1, -0.05) is 18.2 Å². The maximum Gasteiger partial charge on any atom is 0.291 e. The second-order valence-corrected chi connectivity index (χ2v) is 6.40. The minimum atomic E-state index is -0.271. The average molecular weight is 338 g/mol. The molecule has 0 bridgehead atoms. The molecule has 0 unspecified atom stereocenters. The SMILES string of the molecule is CN(C)Cc1c(C(=O)Nc2ccc(N(C)C)nc2)oc2ccccc12. The molecule has 3 rings (SSSR count). The van der Waals surface area contributed by atoms with Crippen LogP contribution >= 0.6 is 0 Å². The number of fused-ring (bicyclic) bond motifs is 1. The lowest BCUT2D eigenvalue weighted by Gasteiger charge is -2.12. The van der Waals surface area contributed by atoms with Crippen molar-refractivity contribution in [3.63, 3.8) is 0 Å². The first-order valence-corrected chi connectivity index (χ1v) is 8.05. The van der Waals surface area contributed by atoms with E-state index >= 15 is 0 Å². The molecule has 0 aliphatic rings. The maximum atomic E-state index is 12.7. The molecule has 2 aromatic heterocycles. The van der Waals surface area contributed by atoms with Gasteiger partial charge in [0.2, 0.25) is 0 Å². The lowest BCUT2D eigenvalue weighted by molar-refractivity contribution is 0.0996. The van der Waals surface area contributed by atoms with Gasteiger partial charge in [0.05, 0.1) is 11.9 Å². The van der Waals surface area contributed by atoms with Crippen molar-refractivity contribution in [1.29, 1.82) is 0 Å². The van der Waals surface area contributed by atoms with Crippen molar-refractivity contribution in [1.82, 2.24) is 9.88 Å². The summed E-state index contributed by atoms with van der Waals surface area (Å²) < 4.78 is 5.83. The number of para-hydroxylation sites is 1. The summed E-state index contributed by atoms with van der Waals surface area (Å²) in [7, 11) is 7.77. The highest BCUT2D eigenvalue weighted by atomic mass is 16.3. The number of nitrogens with zero attached hydrogens (tertiary/aromatic N) is 3. The average Bonchev–Trinajstić information content (AvgIpc) is 2.93. The van der Waals surface area contributed by atoms with Crippen LogP contribution in [0.3, 0.4) is 0 Å². The molecule has 25 heavy (non-hydrogen) atoms. The van der Waals surface area contributed by atoms with Gasteiger partial charge in [-0.15, -0.1) is 0 Å². The standard InChI is InChI=1S/C19H22N4O2/c1-22(2)12-15-14-7-5-6-8-16(14)25-18(15)19(24)21-13-9-10-17(20-11-13)23(3)4/h5-11H,12H2,1-4H3,(H,21,24). The highest BCUT2D eigenvalue weighted by molar-refractivity contribution is 6.06. The van der Waals surface area contributed by atoms with Crippen molar-refractivity contribution >= 4 is 28.4 Å². The number of carbonyl (C=O) groups is 1. The molecule has 3 aromatic rings. The van der Waals surface area contributed by atoms with Crippen LogP contribution in [-0.4, -0.2) is 44.0 Å². The summed E-state index contributed by atoms with van der Waals surface area (Å²) >= 11 is 0. The van der Waals surface area contributed by atoms with Crippen LogP contribution < -0.4 is 10.2 Å². The molecule has 0 aliphatic carbocycles. The molecular weight excluding hydrogens is 316 g/mol. The van der Waals surface area contributed by atoms with Crippen LogP contribution in [0.25, 0.3) is 11.0 Å². The van der Waals surface area contributed by atoms with E-state index in [-0.39, 0.29) is 5.91 Å². The van der Waals surface area contributed by atoms with Crippen molar-refractivity contribution in [2.45, 2.75) is 6.54 Å². The second kappa shape index (κ2) is 6.94. The molecule has 6 nitrogen and oxygen atoms in total. The van der Waals surface area contributed by atoms with Crippen LogP contribution in [0.15, 0.2) is 47.0 Å². The summed E-state index contributed by atoms with van der Waals surface area (Å²) in [5.74, 6) is 0.897. The molecular formula is C19H22N4O2. The summed E-state index contributed by atoms with van der Waals surface area (Å²) in [5.41, 5.74) is 2.23. The van der Waals surface area contributed by atoms with Crippen molar-refractivity contribution in [2.75, 3.05) is 38.4 Å². The second-order valence-electron chi connectivity index (χ2n) is 6.40. The van der Waals surface area contributed by atoms with Gasteiger partial charge in [0.1, 0.15) is 11.4 Å². The first-order valence-electron chi connectivity index (χ1n) is 8.05. The smallest absolute Gasteiger partial charge is 0.291 e. The Morgan fingerprint density at radius 3 is 2.52 bits per heavy atom. The number of rotatable bonds is 5. The van der Waals surface area contributed by atoms with Gasteiger partial charge in [0.15, 0.2) is 5.76 Å². The lowest BCUT2D eigenvalue weighted by Crippen LogP contribution is -2.17. The minimum absolute atomic E-state index is 0.271. The van der Waals surface area contributed by atoms with E-state index in [0.29, 0.717) is 23.6 Å². The molecule has 0 fully saturated rings. The van der Waals surface area contributed by atoms with Crippen LogP contribution in [0.1, 0.15) is 16.1 Å². The van der Waals surface area contributed by atoms with E-state index in [1.807, 2.05) is 74.4 Å². The summed E-state index contributed by atoms with van der Waals surface area (Å²) in [6, 6.07) is 11.4. The third-order valence-corrected chi connectivity index (χ3v) is 3.84. The molecule has 0 saturated carbocycles. The summed E-state index contributed by atoms with van der Waals surface area (Å²) in [4.78, 5) is 21.0. The molecule has 0 saturated heterocycles. The third-order valence-electron chi connectivity index (χ3n) is 3.84. The fourth-order valence-corrected chi connectivity index (χ4v) is 2.67. The quantitative estimate of drug-likeness (QED) is 0.774. The van der Waals surface area contributed by atoms with E-state index < -0.39 is 0 Å². The zero-order valence-electron chi connectivity index (χ0n) is 14.9. The Morgan fingerprint density at radius 1 is 1.12 bits per heavy atom. The van der Waals surface area contributed by atoms with Gasteiger partial charge < -0.3 is 19.5 Å².